The number of hydrogen-bond donors (Lipinski definition) is 1. The first-order valence-electron chi connectivity index (χ1n) is 6.02. The van der Waals surface area contributed by atoms with Crippen LogP contribution in [-0.2, 0) is 13.1 Å². The Balaban J connectivity index is 1.66. The van der Waals surface area contributed by atoms with Crippen molar-refractivity contribution in [2.75, 3.05) is 5.73 Å². The van der Waals surface area contributed by atoms with Crippen LogP contribution in [0.4, 0.5) is 5.82 Å². The Hall–Kier alpha value is -2.30. The molecular weight excluding hydrogens is 226 g/mol. The maximum absolute atomic E-state index is 5.57. The van der Waals surface area contributed by atoms with Crippen molar-refractivity contribution in [3.63, 3.8) is 0 Å². The van der Waals surface area contributed by atoms with Crippen LogP contribution in [0.5, 0.6) is 0 Å². The second-order valence-corrected chi connectivity index (χ2v) is 4.28. The van der Waals surface area contributed by atoms with E-state index in [2.05, 4.69) is 22.3 Å². The van der Waals surface area contributed by atoms with Crippen LogP contribution in [0, 0.1) is 0 Å². The van der Waals surface area contributed by atoms with Crippen molar-refractivity contribution in [2.45, 2.75) is 19.5 Å². The zero-order chi connectivity index (χ0) is 12.4. The van der Waals surface area contributed by atoms with E-state index in [-0.39, 0.29) is 0 Å². The molecule has 2 aromatic heterocycles. The third kappa shape index (κ3) is 2.07. The van der Waals surface area contributed by atoms with Gasteiger partial charge < -0.3 is 5.73 Å². The number of nitrogens with zero attached hydrogens (tertiary/aromatic N) is 4. The lowest BCUT2D eigenvalue weighted by atomic mass is 10.2. The Labute approximate surface area is 105 Å². The Bertz CT molecular complexity index is 652. The number of anilines is 1. The van der Waals surface area contributed by atoms with Gasteiger partial charge in [-0.15, -0.1) is 0 Å². The summed E-state index contributed by atoms with van der Waals surface area (Å²) >= 11 is 0. The second-order valence-electron chi connectivity index (χ2n) is 4.28. The zero-order valence-electron chi connectivity index (χ0n) is 10.0. The molecule has 2 heterocycles. The largest absolute Gasteiger partial charge is 0.382 e. The number of benzene rings is 1. The first-order chi connectivity index (χ1) is 8.83. The summed E-state index contributed by atoms with van der Waals surface area (Å²) in [7, 11) is 0. The molecule has 0 atom stereocenters. The number of rotatable bonds is 4. The molecule has 3 rings (SSSR count). The highest BCUT2D eigenvalue weighted by Gasteiger charge is 2.01. The molecule has 2 N–H and O–H groups in total. The normalized spacial score (nSPS) is 11.1. The van der Waals surface area contributed by atoms with E-state index in [1.54, 1.807) is 0 Å². The van der Waals surface area contributed by atoms with E-state index in [1.807, 2.05) is 40.0 Å². The monoisotopic (exact) mass is 241 g/mol. The van der Waals surface area contributed by atoms with Gasteiger partial charge in [-0.25, -0.2) is 0 Å². The molecule has 0 fully saturated rings. The number of hydrogen-bond acceptors (Lipinski definition) is 3. The SMILES string of the molecule is Nc1ccn(CCCn2ncc3ccccc32)n1. The highest BCUT2D eigenvalue weighted by Crippen LogP contribution is 2.13. The summed E-state index contributed by atoms with van der Waals surface area (Å²) in [5, 5.41) is 9.73. The fourth-order valence-corrected chi connectivity index (χ4v) is 2.09. The zero-order valence-corrected chi connectivity index (χ0v) is 10.0. The lowest BCUT2D eigenvalue weighted by molar-refractivity contribution is 0.510. The average Bonchev–Trinajstić information content (AvgIpc) is 2.97. The number of fused-ring (bicyclic) bond motifs is 1. The van der Waals surface area contributed by atoms with E-state index in [0.29, 0.717) is 5.82 Å². The van der Waals surface area contributed by atoms with E-state index < -0.39 is 0 Å². The van der Waals surface area contributed by atoms with Gasteiger partial charge in [0.05, 0.1) is 11.7 Å². The van der Waals surface area contributed by atoms with Crippen LogP contribution in [0.25, 0.3) is 10.9 Å². The number of aromatic nitrogens is 4. The molecule has 0 saturated carbocycles. The molecule has 3 aromatic rings. The van der Waals surface area contributed by atoms with Crippen molar-refractivity contribution >= 4 is 16.7 Å². The van der Waals surface area contributed by atoms with E-state index in [1.165, 1.54) is 10.9 Å². The number of nitrogen functional groups attached to an aromatic ring is 1. The Kier molecular flexibility index (Phi) is 2.72. The number of nitrogens with two attached hydrogens (primary N) is 1. The van der Waals surface area contributed by atoms with Crippen molar-refractivity contribution in [2.24, 2.45) is 0 Å². The minimum atomic E-state index is 0.569. The van der Waals surface area contributed by atoms with E-state index >= 15 is 0 Å². The summed E-state index contributed by atoms with van der Waals surface area (Å²) in [6.07, 6.45) is 4.78. The van der Waals surface area contributed by atoms with Crippen molar-refractivity contribution in [1.82, 2.24) is 19.6 Å². The van der Waals surface area contributed by atoms with Gasteiger partial charge in [-0.05, 0) is 18.6 Å². The molecule has 5 heteroatoms. The molecule has 5 nitrogen and oxygen atoms in total. The Morgan fingerprint density at radius 3 is 2.83 bits per heavy atom. The average molecular weight is 241 g/mol. The van der Waals surface area contributed by atoms with Gasteiger partial charge in [0.25, 0.3) is 0 Å². The van der Waals surface area contributed by atoms with Crippen LogP contribution in [-0.4, -0.2) is 19.6 Å². The molecule has 0 bridgehead atoms. The fourth-order valence-electron chi connectivity index (χ4n) is 2.09. The lowest BCUT2D eigenvalue weighted by Crippen LogP contribution is -2.05. The quantitative estimate of drug-likeness (QED) is 0.759. The lowest BCUT2D eigenvalue weighted by Gasteiger charge is -2.04. The molecule has 0 amide bonds. The van der Waals surface area contributed by atoms with Gasteiger partial charge in [-0.1, -0.05) is 18.2 Å². The van der Waals surface area contributed by atoms with Gasteiger partial charge in [0.15, 0.2) is 0 Å². The van der Waals surface area contributed by atoms with Crippen molar-refractivity contribution in [3.8, 4) is 0 Å². The number of aryl methyl sites for hydroxylation is 2. The van der Waals surface area contributed by atoms with Crippen LogP contribution in [0.3, 0.4) is 0 Å². The van der Waals surface area contributed by atoms with E-state index in [9.17, 15) is 0 Å². The van der Waals surface area contributed by atoms with E-state index in [0.717, 1.165) is 19.5 Å². The van der Waals surface area contributed by atoms with Crippen LogP contribution in [0.2, 0.25) is 0 Å². The molecule has 0 radical (unpaired) electrons. The second kappa shape index (κ2) is 4.52. The summed E-state index contributed by atoms with van der Waals surface area (Å²) < 4.78 is 3.89. The van der Waals surface area contributed by atoms with Crippen LogP contribution >= 0.6 is 0 Å². The molecule has 92 valence electrons. The molecule has 0 spiro atoms. The van der Waals surface area contributed by atoms with Crippen molar-refractivity contribution in [1.29, 1.82) is 0 Å². The minimum absolute atomic E-state index is 0.569. The van der Waals surface area contributed by atoms with Crippen molar-refractivity contribution < 1.29 is 0 Å². The van der Waals surface area contributed by atoms with Gasteiger partial charge in [0.1, 0.15) is 5.82 Å². The Morgan fingerprint density at radius 2 is 2.00 bits per heavy atom. The maximum Gasteiger partial charge on any atom is 0.145 e. The molecule has 0 saturated heterocycles. The van der Waals surface area contributed by atoms with Gasteiger partial charge in [-0.3, -0.25) is 9.36 Å². The molecule has 0 aliphatic heterocycles. The molecule has 1 aromatic carbocycles. The van der Waals surface area contributed by atoms with Crippen LogP contribution in [0.15, 0.2) is 42.7 Å². The maximum atomic E-state index is 5.57. The third-order valence-corrected chi connectivity index (χ3v) is 2.97. The predicted molar refractivity (Wildman–Crippen MR) is 71.0 cm³/mol. The smallest absolute Gasteiger partial charge is 0.145 e. The first kappa shape index (κ1) is 10.8. The predicted octanol–water partition coefficient (Wildman–Crippen LogP) is 1.91. The molecule has 18 heavy (non-hydrogen) atoms. The summed E-state index contributed by atoms with van der Waals surface area (Å²) in [5.41, 5.74) is 6.75. The highest BCUT2D eigenvalue weighted by molar-refractivity contribution is 5.78. The fraction of sp³-hybridized carbons (Fsp3) is 0.231. The van der Waals surface area contributed by atoms with Gasteiger partial charge in [0.2, 0.25) is 0 Å². The molecule has 0 aliphatic rings. The van der Waals surface area contributed by atoms with Gasteiger partial charge >= 0.3 is 0 Å². The van der Waals surface area contributed by atoms with Gasteiger partial charge in [-0.2, -0.15) is 10.2 Å². The van der Waals surface area contributed by atoms with E-state index in [4.69, 9.17) is 5.73 Å². The Morgan fingerprint density at radius 1 is 1.11 bits per heavy atom. The van der Waals surface area contributed by atoms with Crippen LogP contribution in [0.1, 0.15) is 6.42 Å². The summed E-state index contributed by atoms with van der Waals surface area (Å²) in [6.45, 7) is 1.73. The molecular formula is C13H15N5. The highest BCUT2D eigenvalue weighted by atomic mass is 15.3. The first-order valence-corrected chi connectivity index (χ1v) is 6.02. The van der Waals surface area contributed by atoms with Gasteiger partial charge in [0, 0.05) is 24.7 Å². The number of para-hydroxylation sites is 1. The standard InChI is InChI=1S/C13H15N5/c14-13-6-9-17(16-13)7-3-8-18-12-5-2-1-4-11(12)10-15-18/h1-2,4-6,9-10H,3,7-8H2,(H2,14,16). The third-order valence-electron chi connectivity index (χ3n) is 2.97. The topological polar surface area (TPSA) is 61.7 Å². The van der Waals surface area contributed by atoms with Crippen molar-refractivity contribution in [3.05, 3.63) is 42.7 Å². The van der Waals surface area contributed by atoms with Crippen LogP contribution < -0.4 is 5.73 Å². The summed E-state index contributed by atoms with van der Waals surface area (Å²) in [6, 6.07) is 10.0. The summed E-state index contributed by atoms with van der Waals surface area (Å²) in [4.78, 5) is 0. The molecule has 0 aliphatic carbocycles. The molecule has 0 unspecified atom stereocenters. The summed E-state index contributed by atoms with van der Waals surface area (Å²) in [5.74, 6) is 0.569. The minimum Gasteiger partial charge on any atom is -0.382 e.